The summed E-state index contributed by atoms with van der Waals surface area (Å²) < 4.78 is 6.98. The van der Waals surface area contributed by atoms with E-state index >= 15 is 0 Å². The van der Waals surface area contributed by atoms with Gasteiger partial charge in [0.1, 0.15) is 12.2 Å². The molecule has 6 heteroatoms. The fourth-order valence-corrected chi connectivity index (χ4v) is 4.95. The number of unbranched alkanes of at least 4 members (excludes halogenated alkanes) is 1. The number of hydrogen-bond donors (Lipinski definition) is 1. The quantitative estimate of drug-likeness (QED) is 0.510. The first-order valence-corrected chi connectivity index (χ1v) is 11.0. The third-order valence-corrected chi connectivity index (χ3v) is 6.75. The smallest absolute Gasteiger partial charge is 0.309 e. The summed E-state index contributed by atoms with van der Waals surface area (Å²) in [6.07, 6.45) is 3.24. The number of rotatable bonds is 4. The van der Waals surface area contributed by atoms with E-state index in [1.54, 1.807) is 4.57 Å². The van der Waals surface area contributed by atoms with Crippen LogP contribution in [0, 0.1) is 0 Å². The van der Waals surface area contributed by atoms with E-state index < -0.39 is 11.6 Å². The first-order valence-electron chi connectivity index (χ1n) is 11.0. The van der Waals surface area contributed by atoms with Crippen LogP contribution in [0.15, 0.2) is 35.1 Å². The van der Waals surface area contributed by atoms with Crippen molar-refractivity contribution in [3.63, 3.8) is 0 Å². The topological polar surface area (TPSA) is 81.4 Å². The summed E-state index contributed by atoms with van der Waals surface area (Å²) in [4.78, 5) is 30.5. The molecule has 0 bridgehead atoms. The van der Waals surface area contributed by atoms with Crippen LogP contribution in [0.2, 0.25) is 0 Å². The Balaban J connectivity index is 1.78. The number of aliphatic hydroxyl groups is 1. The number of nitrogens with zero attached hydrogens (tertiary/aromatic N) is 2. The molecule has 2 aliphatic heterocycles. The summed E-state index contributed by atoms with van der Waals surface area (Å²) in [6.45, 7) is 4.33. The molecule has 3 aromatic rings. The van der Waals surface area contributed by atoms with E-state index in [4.69, 9.17) is 9.72 Å². The molecule has 1 aromatic carbocycles. The van der Waals surface area contributed by atoms with Crippen molar-refractivity contribution in [3.8, 4) is 11.4 Å². The number of hydrogen-bond acceptors (Lipinski definition) is 5. The second-order valence-electron chi connectivity index (χ2n) is 8.57. The van der Waals surface area contributed by atoms with Crippen LogP contribution in [0.3, 0.4) is 0 Å². The second kappa shape index (κ2) is 7.31. The molecular formula is C25H26N2O4. The molecule has 2 aliphatic rings. The molecule has 31 heavy (non-hydrogen) atoms. The minimum atomic E-state index is -1.41. The summed E-state index contributed by atoms with van der Waals surface area (Å²) >= 11 is 0. The van der Waals surface area contributed by atoms with E-state index in [1.165, 1.54) is 5.56 Å². The van der Waals surface area contributed by atoms with Crippen molar-refractivity contribution in [1.29, 1.82) is 0 Å². The lowest BCUT2D eigenvalue weighted by Gasteiger charge is -2.26. The normalized spacial score (nSPS) is 19.5. The van der Waals surface area contributed by atoms with Crippen LogP contribution in [0.4, 0.5) is 0 Å². The zero-order valence-corrected chi connectivity index (χ0v) is 17.9. The molecule has 0 radical (unpaired) electrons. The highest BCUT2D eigenvalue weighted by Crippen LogP contribution is 2.40. The molecule has 1 atom stereocenters. The van der Waals surface area contributed by atoms with Gasteiger partial charge in [-0.1, -0.05) is 38.5 Å². The third-order valence-electron chi connectivity index (χ3n) is 6.75. The van der Waals surface area contributed by atoms with Crippen molar-refractivity contribution in [2.45, 2.75) is 64.7 Å². The Morgan fingerprint density at radius 2 is 2.00 bits per heavy atom. The maximum Gasteiger partial charge on any atom is 0.309 e. The molecule has 0 fully saturated rings. The van der Waals surface area contributed by atoms with Crippen molar-refractivity contribution >= 4 is 16.9 Å². The molecule has 4 heterocycles. The number of aromatic nitrogens is 2. The van der Waals surface area contributed by atoms with Gasteiger partial charge in [-0.3, -0.25) is 9.59 Å². The fraction of sp³-hybridized carbons (Fsp3) is 0.400. The average Bonchev–Trinajstić information content (AvgIpc) is 3.08. The zero-order valence-electron chi connectivity index (χ0n) is 17.9. The summed E-state index contributed by atoms with van der Waals surface area (Å²) in [7, 11) is 0. The van der Waals surface area contributed by atoms with Crippen LogP contribution < -0.4 is 5.56 Å². The Kier molecular flexibility index (Phi) is 4.70. The Bertz CT molecular complexity index is 1280. The average molecular weight is 418 g/mol. The van der Waals surface area contributed by atoms with Gasteiger partial charge in [0.15, 0.2) is 0 Å². The number of ether oxygens (including phenoxy) is 1. The number of benzene rings is 1. The predicted molar refractivity (Wildman–Crippen MR) is 118 cm³/mol. The molecule has 0 spiro atoms. The van der Waals surface area contributed by atoms with Crippen molar-refractivity contribution in [2.75, 3.05) is 0 Å². The summed E-state index contributed by atoms with van der Waals surface area (Å²) in [6, 6.07) is 9.97. The Labute approximate surface area is 180 Å². The lowest BCUT2D eigenvalue weighted by atomic mass is 9.85. The summed E-state index contributed by atoms with van der Waals surface area (Å²) in [5.74, 6) is -0.489. The molecule has 0 unspecified atom stereocenters. The third kappa shape index (κ3) is 3.00. The van der Waals surface area contributed by atoms with Gasteiger partial charge in [-0.15, -0.1) is 0 Å². The van der Waals surface area contributed by atoms with Gasteiger partial charge in [-0.2, -0.15) is 0 Å². The molecule has 0 aliphatic carbocycles. The number of carbonyl (C=O) groups excluding carboxylic acids is 1. The molecule has 160 valence electrons. The zero-order chi connectivity index (χ0) is 21.8. The van der Waals surface area contributed by atoms with Crippen LogP contribution in [0.25, 0.3) is 22.3 Å². The lowest BCUT2D eigenvalue weighted by molar-refractivity contribution is -0.149. The minimum Gasteiger partial charge on any atom is -0.460 e. The molecule has 2 aromatic heterocycles. The fourth-order valence-electron chi connectivity index (χ4n) is 4.95. The van der Waals surface area contributed by atoms with Crippen molar-refractivity contribution in [3.05, 3.63) is 62.9 Å². The van der Waals surface area contributed by atoms with E-state index in [2.05, 4.69) is 13.0 Å². The first kappa shape index (κ1) is 19.9. The van der Waals surface area contributed by atoms with Crippen molar-refractivity contribution in [1.82, 2.24) is 9.55 Å². The first-order chi connectivity index (χ1) is 15.0. The van der Waals surface area contributed by atoms with Gasteiger partial charge >= 0.3 is 5.97 Å². The van der Waals surface area contributed by atoms with Gasteiger partial charge < -0.3 is 14.4 Å². The van der Waals surface area contributed by atoms with Crippen LogP contribution in [0.1, 0.15) is 61.8 Å². The maximum absolute atomic E-state index is 13.5. The number of carbonyl (C=O) groups is 1. The lowest BCUT2D eigenvalue weighted by Crippen LogP contribution is -2.32. The largest absolute Gasteiger partial charge is 0.460 e. The van der Waals surface area contributed by atoms with Gasteiger partial charge in [-0.25, -0.2) is 4.98 Å². The maximum atomic E-state index is 13.5. The molecule has 0 saturated heterocycles. The van der Waals surface area contributed by atoms with E-state index in [-0.39, 0.29) is 18.6 Å². The Morgan fingerprint density at radius 1 is 1.19 bits per heavy atom. The minimum absolute atomic E-state index is 0.107. The molecule has 1 N–H and O–H groups in total. The highest BCUT2D eigenvalue weighted by molar-refractivity contribution is 5.88. The van der Waals surface area contributed by atoms with Gasteiger partial charge in [0.25, 0.3) is 5.56 Å². The summed E-state index contributed by atoms with van der Waals surface area (Å²) in [5.41, 5.74) is 4.00. The van der Waals surface area contributed by atoms with Gasteiger partial charge in [0.2, 0.25) is 0 Å². The van der Waals surface area contributed by atoms with Crippen LogP contribution >= 0.6 is 0 Å². The number of pyridine rings is 2. The Morgan fingerprint density at radius 3 is 2.77 bits per heavy atom. The molecule has 0 amide bonds. The van der Waals surface area contributed by atoms with Gasteiger partial charge in [0, 0.05) is 10.9 Å². The standard InChI is InChI=1S/C25H26N2O4/c1-3-5-8-15-16-9-6-7-10-20(16)26-23-17(15)13-27-21(23)11-19-18(24(27)29)14-31-22(28)12-25(19,30)4-2/h6-7,9-11,30H,3-5,8,12-14H2,1-2H3/t25-/m1/s1. The highest BCUT2D eigenvalue weighted by atomic mass is 16.5. The van der Waals surface area contributed by atoms with E-state index in [0.29, 0.717) is 29.8 Å². The van der Waals surface area contributed by atoms with Gasteiger partial charge in [-0.05, 0) is 42.5 Å². The molecular weight excluding hydrogens is 392 g/mol. The van der Waals surface area contributed by atoms with Crippen LogP contribution in [-0.2, 0) is 34.7 Å². The van der Waals surface area contributed by atoms with E-state index in [9.17, 15) is 14.7 Å². The monoisotopic (exact) mass is 418 g/mol. The number of aryl methyl sites for hydroxylation is 1. The number of para-hydroxylation sites is 1. The highest BCUT2D eigenvalue weighted by Gasteiger charge is 2.39. The second-order valence-corrected chi connectivity index (χ2v) is 8.57. The summed E-state index contributed by atoms with van der Waals surface area (Å²) in [5, 5.41) is 12.4. The molecule has 6 nitrogen and oxygen atoms in total. The van der Waals surface area contributed by atoms with Crippen molar-refractivity contribution < 1.29 is 14.6 Å². The van der Waals surface area contributed by atoms with E-state index in [0.717, 1.165) is 41.4 Å². The van der Waals surface area contributed by atoms with Crippen molar-refractivity contribution in [2.24, 2.45) is 0 Å². The van der Waals surface area contributed by atoms with E-state index in [1.807, 2.05) is 31.2 Å². The van der Waals surface area contributed by atoms with Crippen LogP contribution in [-0.4, -0.2) is 20.6 Å². The SMILES string of the molecule is CCCCc1c2c(nc3ccccc13)-c1cc3c(c(=O)n1C2)COC(=O)C[C@]3(O)CC. The number of fused-ring (bicyclic) bond motifs is 5. The predicted octanol–water partition coefficient (Wildman–Crippen LogP) is 3.81. The van der Waals surface area contributed by atoms with Crippen LogP contribution in [0.5, 0.6) is 0 Å². The number of esters is 1. The molecule has 0 saturated carbocycles. The van der Waals surface area contributed by atoms with Gasteiger partial charge in [0.05, 0.1) is 35.4 Å². The Hall–Kier alpha value is -2.99. The number of cyclic esters (lactones) is 1. The molecule has 5 rings (SSSR count).